The van der Waals surface area contributed by atoms with Gasteiger partial charge in [-0.25, -0.2) is 9.97 Å². The Labute approximate surface area is 152 Å². The number of hydrogen-bond donors (Lipinski definition) is 3. The largest absolute Gasteiger partial charge is 0.508 e. The van der Waals surface area contributed by atoms with Crippen LogP contribution in [0.5, 0.6) is 0 Å². The molecule has 0 fully saturated rings. The molecule has 1 aromatic carbocycles. The fraction of sp³-hybridized carbons (Fsp3) is 0.211. The van der Waals surface area contributed by atoms with E-state index in [0.29, 0.717) is 11.1 Å². The van der Waals surface area contributed by atoms with Crippen LogP contribution in [0.15, 0.2) is 61.3 Å². The van der Waals surface area contributed by atoms with Crippen molar-refractivity contribution in [2.24, 2.45) is 0 Å². The van der Waals surface area contributed by atoms with Crippen molar-refractivity contribution in [3.8, 4) is 0 Å². The SMILES string of the molecule is C=C(O)C(=C)C1Nc2ccc(C(=O)NC(C)c3ccncn3)cc2N1C. The van der Waals surface area contributed by atoms with Crippen LogP contribution in [-0.4, -0.2) is 34.2 Å². The van der Waals surface area contributed by atoms with Crippen LogP contribution in [0.4, 0.5) is 11.4 Å². The third-order valence-corrected chi connectivity index (χ3v) is 4.42. The van der Waals surface area contributed by atoms with Crippen LogP contribution in [0.1, 0.15) is 29.0 Å². The van der Waals surface area contributed by atoms with Crippen LogP contribution in [-0.2, 0) is 0 Å². The first-order valence-corrected chi connectivity index (χ1v) is 8.15. The van der Waals surface area contributed by atoms with Gasteiger partial charge in [-0.05, 0) is 31.2 Å². The summed E-state index contributed by atoms with van der Waals surface area (Å²) in [4.78, 5) is 22.5. The summed E-state index contributed by atoms with van der Waals surface area (Å²) in [5.74, 6) is -0.264. The molecule has 2 atom stereocenters. The van der Waals surface area contributed by atoms with Gasteiger partial charge in [-0.3, -0.25) is 4.79 Å². The Balaban J connectivity index is 1.77. The number of carbonyl (C=O) groups excluding carboxylic acids is 1. The number of rotatable bonds is 5. The Bertz CT molecular complexity index is 865. The average molecular weight is 351 g/mol. The molecule has 26 heavy (non-hydrogen) atoms. The third kappa shape index (κ3) is 3.23. The van der Waals surface area contributed by atoms with Crippen molar-refractivity contribution in [2.75, 3.05) is 17.3 Å². The van der Waals surface area contributed by atoms with E-state index in [1.54, 1.807) is 24.4 Å². The lowest BCUT2D eigenvalue weighted by atomic mass is 10.1. The number of likely N-dealkylation sites (N-methyl/N-ethyl adjacent to an activating group) is 1. The fourth-order valence-corrected chi connectivity index (χ4v) is 2.86. The standard InChI is InChI=1S/C19H21N5O2/c1-11(13(3)25)18-23-16-6-5-14(9-17(16)24(18)4)19(26)22-12(2)15-7-8-20-10-21-15/h5-10,12,18,23,25H,1,3H2,2,4H3,(H,22,26). The molecule has 3 rings (SSSR count). The predicted octanol–water partition coefficient (Wildman–Crippen LogP) is 2.78. The molecular weight excluding hydrogens is 330 g/mol. The van der Waals surface area contributed by atoms with Crippen LogP contribution >= 0.6 is 0 Å². The summed E-state index contributed by atoms with van der Waals surface area (Å²) in [6.07, 6.45) is 2.79. The maximum atomic E-state index is 12.6. The van der Waals surface area contributed by atoms with Gasteiger partial charge in [0, 0.05) is 24.4 Å². The van der Waals surface area contributed by atoms with Crippen LogP contribution in [0.3, 0.4) is 0 Å². The molecule has 2 unspecified atom stereocenters. The Kier molecular flexibility index (Phi) is 4.62. The maximum Gasteiger partial charge on any atom is 0.251 e. The summed E-state index contributed by atoms with van der Waals surface area (Å²) in [5, 5.41) is 15.8. The summed E-state index contributed by atoms with van der Waals surface area (Å²) < 4.78 is 0. The smallest absolute Gasteiger partial charge is 0.251 e. The lowest BCUT2D eigenvalue weighted by Crippen LogP contribution is -2.34. The number of carbonyl (C=O) groups is 1. The number of aliphatic hydroxyl groups is 1. The average Bonchev–Trinajstić information content (AvgIpc) is 2.97. The minimum absolute atomic E-state index is 0.0706. The van der Waals surface area contributed by atoms with E-state index in [2.05, 4.69) is 33.8 Å². The number of amides is 1. The summed E-state index contributed by atoms with van der Waals surface area (Å²) in [6.45, 7) is 9.24. The normalized spacial score (nSPS) is 16.4. The second-order valence-electron chi connectivity index (χ2n) is 6.19. The predicted molar refractivity (Wildman–Crippen MR) is 101 cm³/mol. The van der Waals surface area contributed by atoms with Crippen LogP contribution < -0.4 is 15.5 Å². The molecule has 2 aromatic rings. The lowest BCUT2D eigenvalue weighted by molar-refractivity contribution is 0.0939. The topological polar surface area (TPSA) is 90.4 Å². The van der Waals surface area contributed by atoms with E-state index >= 15 is 0 Å². The number of nitrogens with one attached hydrogen (secondary N) is 2. The molecule has 0 spiro atoms. The summed E-state index contributed by atoms with van der Waals surface area (Å²) >= 11 is 0. The highest BCUT2D eigenvalue weighted by Crippen LogP contribution is 2.37. The van der Waals surface area contributed by atoms with Gasteiger partial charge in [0.25, 0.3) is 5.91 Å². The molecule has 7 heteroatoms. The molecule has 1 aliphatic rings. The van der Waals surface area contributed by atoms with Gasteiger partial charge in [0.2, 0.25) is 0 Å². The molecule has 1 aromatic heterocycles. The Morgan fingerprint density at radius 2 is 2.15 bits per heavy atom. The number of benzene rings is 1. The quantitative estimate of drug-likeness (QED) is 0.567. The van der Waals surface area contributed by atoms with Gasteiger partial charge in [-0.15, -0.1) is 0 Å². The third-order valence-electron chi connectivity index (χ3n) is 4.42. The molecule has 134 valence electrons. The first-order chi connectivity index (χ1) is 12.4. The highest BCUT2D eigenvalue weighted by atomic mass is 16.3. The zero-order valence-electron chi connectivity index (χ0n) is 14.7. The van der Waals surface area contributed by atoms with E-state index in [1.165, 1.54) is 6.33 Å². The van der Waals surface area contributed by atoms with Crippen LogP contribution in [0, 0.1) is 0 Å². The summed E-state index contributed by atoms with van der Waals surface area (Å²) in [6, 6.07) is 6.92. The van der Waals surface area contributed by atoms with Gasteiger partial charge in [-0.1, -0.05) is 13.2 Å². The van der Waals surface area contributed by atoms with E-state index in [0.717, 1.165) is 17.1 Å². The molecule has 7 nitrogen and oxygen atoms in total. The van der Waals surface area contributed by atoms with Crippen LogP contribution in [0.2, 0.25) is 0 Å². The van der Waals surface area contributed by atoms with Crippen molar-refractivity contribution >= 4 is 17.3 Å². The molecule has 0 radical (unpaired) electrons. The number of nitrogens with zero attached hydrogens (tertiary/aromatic N) is 3. The second-order valence-corrected chi connectivity index (χ2v) is 6.19. The highest BCUT2D eigenvalue weighted by Gasteiger charge is 2.29. The molecule has 0 aliphatic carbocycles. The molecular formula is C19H21N5O2. The second kappa shape index (κ2) is 6.87. The van der Waals surface area contributed by atoms with Gasteiger partial charge < -0.3 is 20.6 Å². The van der Waals surface area contributed by atoms with E-state index in [4.69, 9.17) is 0 Å². The van der Waals surface area contributed by atoms with E-state index in [9.17, 15) is 9.90 Å². The van der Waals surface area contributed by atoms with Crippen LogP contribution in [0.25, 0.3) is 0 Å². The number of hydrogen-bond acceptors (Lipinski definition) is 6. The fourth-order valence-electron chi connectivity index (χ4n) is 2.86. The minimum Gasteiger partial charge on any atom is -0.508 e. The van der Waals surface area contributed by atoms with Gasteiger partial charge in [0.1, 0.15) is 18.3 Å². The number of fused-ring (bicyclic) bond motifs is 1. The van der Waals surface area contributed by atoms with Crippen molar-refractivity contribution in [3.63, 3.8) is 0 Å². The van der Waals surface area contributed by atoms with Gasteiger partial charge in [-0.2, -0.15) is 0 Å². The zero-order valence-corrected chi connectivity index (χ0v) is 14.7. The highest BCUT2D eigenvalue weighted by molar-refractivity contribution is 5.97. The van der Waals surface area contributed by atoms with Crippen molar-refractivity contribution in [3.05, 3.63) is 72.5 Å². The zero-order chi connectivity index (χ0) is 18.8. The molecule has 0 saturated carbocycles. The van der Waals surface area contributed by atoms with Crippen molar-refractivity contribution in [1.29, 1.82) is 0 Å². The first-order valence-electron chi connectivity index (χ1n) is 8.15. The van der Waals surface area contributed by atoms with Gasteiger partial charge in [0.15, 0.2) is 0 Å². The number of aliphatic hydroxyl groups excluding tert-OH is 1. The molecule has 2 heterocycles. The van der Waals surface area contributed by atoms with Gasteiger partial charge >= 0.3 is 0 Å². The first kappa shape index (κ1) is 17.5. The minimum atomic E-state index is -0.305. The van der Waals surface area contributed by atoms with E-state index in [-0.39, 0.29) is 23.9 Å². The Hall–Kier alpha value is -3.35. The van der Waals surface area contributed by atoms with Crippen molar-refractivity contribution in [1.82, 2.24) is 15.3 Å². The monoisotopic (exact) mass is 351 g/mol. The number of aromatic nitrogens is 2. The van der Waals surface area contributed by atoms with Crippen molar-refractivity contribution < 1.29 is 9.90 Å². The Morgan fingerprint density at radius 3 is 2.81 bits per heavy atom. The Morgan fingerprint density at radius 1 is 1.38 bits per heavy atom. The summed E-state index contributed by atoms with van der Waals surface area (Å²) in [7, 11) is 1.86. The van der Waals surface area contributed by atoms with Crippen molar-refractivity contribution in [2.45, 2.75) is 19.1 Å². The van der Waals surface area contributed by atoms with E-state index in [1.807, 2.05) is 24.9 Å². The number of anilines is 2. The molecule has 0 saturated heterocycles. The molecule has 0 bridgehead atoms. The molecule has 1 amide bonds. The van der Waals surface area contributed by atoms with E-state index < -0.39 is 0 Å². The molecule has 3 N–H and O–H groups in total. The van der Waals surface area contributed by atoms with Gasteiger partial charge in [0.05, 0.1) is 23.1 Å². The molecule has 1 aliphatic heterocycles. The lowest BCUT2D eigenvalue weighted by Gasteiger charge is -2.23. The summed E-state index contributed by atoms with van der Waals surface area (Å²) in [5.41, 5.74) is 3.46. The maximum absolute atomic E-state index is 12.6.